The monoisotopic (exact) mass is 316 g/mol. The van der Waals surface area contributed by atoms with Crippen molar-refractivity contribution >= 4 is 33.0 Å². The van der Waals surface area contributed by atoms with Crippen molar-refractivity contribution in [2.75, 3.05) is 5.73 Å². The van der Waals surface area contributed by atoms with E-state index in [9.17, 15) is 18.0 Å². The lowest BCUT2D eigenvalue weighted by Gasteiger charge is -2.20. The normalized spacial score (nSPS) is 12.9. The summed E-state index contributed by atoms with van der Waals surface area (Å²) < 4.78 is 39.9. The first-order chi connectivity index (χ1) is 9.43. The topological polar surface area (TPSA) is 56.0 Å². The first kappa shape index (κ1) is 15.8. The predicted octanol–water partition coefficient (Wildman–Crippen LogP) is 4.40. The molecule has 0 aliphatic carbocycles. The average molecular weight is 316 g/mol. The highest BCUT2D eigenvalue weighted by molar-refractivity contribution is 7.21. The van der Waals surface area contributed by atoms with Crippen molar-refractivity contribution in [1.82, 2.24) is 4.98 Å². The van der Waals surface area contributed by atoms with E-state index in [4.69, 9.17) is 5.73 Å². The first-order valence-corrected chi connectivity index (χ1v) is 7.06. The Hall–Kier alpha value is -1.63. The van der Waals surface area contributed by atoms with Gasteiger partial charge in [0, 0.05) is 23.4 Å². The third-order valence-corrected chi connectivity index (χ3v) is 4.29. The molecule has 0 spiro atoms. The fourth-order valence-corrected chi connectivity index (χ4v) is 3.01. The number of carbonyl (C=O) groups excluding carboxylic acids is 1. The van der Waals surface area contributed by atoms with Gasteiger partial charge in [0.15, 0.2) is 5.78 Å². The Balaban J connectivity index is 2.92. The summed E-state index contributed by atoms with van der Waals surface area (Å²) in [6.45, 7) is 6.62. The van der Waals surface area contributed by atoms with E-state index in [0.717, 1.165) is 17.4 Å². The smallest absolute Gasteiger partial charge is 0.397 e. The third-order valence-electron chi connectivity index (χ3n) is 3.09. The lowest BCUT2D eigenvalue weighted by molar-refractivity contribution is -0.136. The molecule has 2 N–H and O–H groups in total. The maximum absolute atomic E-state index is 13.3. The Morgan fingerprint density at radius 1 is 1.29 bits per heavy atom. The highest BCUT2D eigenvalue weighted by Gasteiger charge is 2.37. The van der Waals surface area contributed by atoms with Crippen molar-refractivity contribution in [2.24, 2.45) is 0 Å². The molecule has 2 aromatic rings. The van der Waals surface area contributed by atoms with Crippen LogP contribution >= 0.6 is 11.3 Å². The van der Waals surface area contributed by atoms with Crippen LogP contribution in [-0.2, 0) is 11.6 Å². The number of halogens is 3. The molecule has 0 aliphatic rings. The molecule has 0 radical (unpaired) electrons. The number of carbonyl (C=O) groups is 1. The number of fused-ring (bicyclic) bond motifs is 1. The van der Waals surface area contributed by atoms with Crippen LogP contribution in [0.4, 0.5) is 18.9 Å². The zero-order valence-corrected chi connectivity index (χ0v) is 12.9. The second-order valence-corrected chi connectivity index (χ2v) is 6.88. The van der Waals surface area contributed by atoms with Crippen LogP contribution in [0, 0.1) is 0 Å². The molecule has 2 aromatic heterocycles. The summed E-state index contributed by atoms with van der Waals surface area (Å²) in [7, 11) is 0. The van der Waals surface area contributed by atoms with Crippen molar-refractivity contribution in [3.05, 3.63) is 22.2 Å². The van der Waals surface area contributed by atoms with Crippen LogP contribution in [0.3, 0.4) is 0 Å². The van der Waals surface area contributed by atoms with Crippen LogP contribution in [0.2, 0.25) is 0 Å². The lowest BCUT2D eigenvalue weighted by Crippen LogP contribution is -2.16. The van der Waals surface area contributed by atoms with E-state index in [-0.39, 0.29) is 26.6 Å². The molecule has 0 aromatic carbocycles. The van der Waals surface area contributed by atoms with Gasteiger partial charge in [-0.05, 0) is 6.07 Å². The minimum Gasteiger partial charge on any atom is -0.397 e. The van der Waals surface area contributed by atoms with Gasteiger partial charge in [-0.2, -0.15) is 13.2 Å². The predicted molar refractivity (Wildman–Crippen MR) is 77.7 cm³/mol. The summed E-state index contributed by atoms with van der Waals surface area (Å²) in [6.07, 6.45) is -4.55. The van der Waals surface area contributed by atoms with Gasteiger partial charge >= 0.3 is 6.18 Å². The standard InChI is InChI=1S/C14H15F3N2OS/c1-6(20)11-10(18)9-7(14(15,16)17)5-8(13(2,3)4)19-12(9)21-11/h5H,18H2,1-4H3. The largest absolute Gasteiger partial charge is 0.417 e. The summed E-state index contributed by atoms with van der Waals surface area (Å²) in [5.41, 5.74) is 4.56. The minimum absolute atomic E-state index is 0.119. The molecule has 0 unspecified atom stereocenters. The Morgan fingerprint density at radius 2 is 1.86 bits per heavy atom. The van der Waals surface area contributed by atoms with Gasteiger partial charge in [0.2, 0.25) is 0 Å². The number of ketones is 1. The number of alkyl halides is 3. The fraction of sp³-hybridized carbons (Fsp3) is 0.429. The second kappa shape index (κ2) is 4.69. The number of rotatable bonds is 1. The molecule has 2 rings (SSSR count). The van der Waals surface area contributed by atoms with Gasteiger partial charge in [0.1, 0.15) is 4.83 Å². The quantitative estimate of drug-likeness (QED) is 0.793. The average Bonchev–Trinajstić information content (AvgIpc) is 2.63. The van der Waals surface area contributed by atoms with Gasteiger partial charge in [0.05, 0.1) is 16.1 Å². The van der Waals surface area contributed by atoms with Gasteiger partial charge in [0.25, 0.3) is 0 Å². The van der Waals surface area contributed by atoms with E-state index in [1.165, 1.54) is 6.92 Å². The molecule has 2 heterocycles. The number of anilines is 1. The first-order valence-electron chi connectivity index (χ1n) is 6.24. The van der Waals surface area contributed by atoms with E-state index in [1.54, 1.807) is 20.8 Å². The van der Waals surface area contributed by atoms with E-state index in [1.807, 2.05) is 0 Å². The number of thiophene rings is 1. The summed E-state index contributed by atoms with van der Waals surface area (Å²) in [6, 6.07) is 1.02. The van der Waals surface area contributed by atoms with Crippen LogP contribution in [0.5, 0.6) is 0 Å². The molecule has 3 nitrogen and oxygen atoms in total. The molecule has 0 saturated heterocycles. The fourth-order valence-electron chi connectivity index (χ4n) is 1.99. The Bertz CT molecular complexity index is 726. The van der Waals surface area contributed by atoms with Gasteiger partial charge in [-0.25, -0.2) is 4.98 Å². The summed E-state index contributed by atoms with van der Waals surface area (Å²) in [4.78, 5) is 16.0. The molecular formula is C14H15F3N2OS. The maximum atomic E-state index is 13.3. The van der Waals surface area contributed by atoms with Crippen molar-refractivity contribution in [3.8, 4) is 0 Å². The highest BCUT2D eigenvalue weighted by Crippen LogP contribution is 2.43. The molecule has 7 heteroatoms. The number of hydrogen-bond acceptors (Lipinski definition) is 4. The van der Waals surface area contributed by atoms with Crippen molar-refractivity contribution in [1.29, 1.82) is 0 Å². The molecular weight excluding hydrogens is 301 g/mol. The van der Waals surface area contributed by atoms with Crippen LogP contribution < -0.4 is 5.73 Å². The third kappa shape index (κ3) is 2.74. The minimum atomic E-state index is -4.55. The molecule has 0 bridgehead atoms. The van der Waals surface area contributed by atoms with E-state index >= 15 is 0 Å². The summed E-state index contributed by atoms with van der Waals surface area (Å²) >= 11 is 0.907. The second-order valence-electron chi connectivity index (χ2n) is 5.88. The number of nitrogens with zero attached hydrogens (tertiary/aromatic N) is 1. The molecule has 0 aliphatic heterocycles. The van der Waals surface area contributed by atoms with Crippen LogP contribution in [0.1, 0.15) is 48.6 Å². The van der Waals surface area contributed by atoms with Crippen LogP contribution in [-0.4, -0.2) is 10.8 Å². The number of nitrogen functional groups attached to an aromatic ring is 1. The van der Waals surface area contributed by atoms with Gasteiger partial charge in [-0.1, -0.05) is 20.8 Å². The number of Topliss-reactive ketones (excluding diaryl/α,β-unsaturated/α-hetero) is 1. The lowest BCUT2D eigenvalue weighted by atomic mass is 9.90. The Morgan fingerprint density at radius 3 is 2.29 bits per heavy atom. The van der Waals surface area contributed by atoms with Crippen LogP contribution in [0.25, 0.3) is 10.2 Å². The van der Waals surface area contributed by atoms with Crippen molar-refractivity contribution in [2.45, 2.75) is 39.3 Å². The molecule has 114 valence electrons. The molecule has 0 fully saturated rings. The van der Waals surface area contributed by atoms with Crippen molar-refractivity contribution < 1.29 is 18.0 Å². The highest BCUT2D eigenvalue weighted by atomic mass is 32.1. The van der Waals surface area contributed by atoms with Gasteiger partial charge < -0.3 is 5.73 Å². The van der Waals surface area contributed by atoms with E-state index < -0.39 is 17.2 Å². The zero-order valence-electron chi connectivity index (χ0n) is 12.1. The van der Waals surface area contributed by atoms with Crippen molar-refractivity contribution in [3.63, 3.8) is 0 Å². The SMILES string of the molecule is CC(=O)c1sc2nc(C(C)(C)C)cc(C(F)(F)F)c2c1N. The Kier molecular flexibility index (Phi) is 3.52. The Labute approximate surface area is 124 Å². The molecule has 0 saturated carbocycles. The molecule has 0 atom stereocenters. The number of hydrogen-bond donors (Lipinski definition) is 1. The van der Waals surface area contributed by atoms with E-state index in [2.05, 4.69) is 4.98 Å². The zero-order chi connectivity index (χ0) is 16.2. The maximum Gasteiger partial charge on any atom is 0.417 e. The molecule has 21 heavy (non-hydrogen) atoms. The molecule has 0 amide bonds. The van der Waals surface area contributed by atoms with Crippen LogP contribution in [0.15, 0.2) is 6.07 Å². The summed E-state index contributed by atoms with van der Waals surface area (Å²) in [5, 5.41) is -0.175. The summed E-state index contributed by atoms with van der Waals surface area (Å²) in [5.74, 6) is -0.360. The number of pyridine rings is 1. The van der Waals surface area contributed by atoms with Gasteiger partial charge in [-0.15, -0.1) is 11.3 Å². The number of aromatic nitrogens is 1. The number of nitrogens with two attached hydrogens (primary N) is 1. The van der Waals surface area contributed by atoms with Gasteiger partial charge in [-0.3, -0.25) is 4.79 Å². The van der Waals surface area contributed by atoms with E-state index in [0.29, 0.717) is 5.69 Å².